The lowest BCUT2D eigenvalue weighted by Gasteiger charge is -1.90. The molecule has 1 rings (SSSR count). The SMILES string of the molecule is Nc1ccc(N)cc1.[SiH4]. The first-order chi connectivity index (χ1) is 3.79. The van der Waals surface area contributed by atoms with E-state index in [4.69, 9.17) is 11.5 Å². The summed E-state index contributed by atoms with van der Waals surface area (Å²) in [6, 6.07) is 7.09. The zero-order valence-corrected chi connectivity index (χ0v) is 4.46. The fourth-order valence-electron chi connectivity index (χ4n) is 0.496. The van der Waals surface area contributed by atoms with Crippen molar-refractivity contribution in [3.63, 3.8) is 0 Å². The fraction of sp³-hybridized carbons (Fsp3) is 0. The van der Waals surface area contributed by atoms with Crippen molar-refractivity contribution in [1.82, 2.24) is 0 Å². The lowest BCUT2D eigenvalue weighted by molar-refractivity contribution is 1.67. The van der Waals surface area contributed by atoms with Gasteiger partial charge in [0.2, 0.25) is 0 Å². The second kappa shape index (κ2) is 3.14. The summed E-state index contributed by atoms with van der Waals surface area (Å²) in [7, 11) is 0. The third kappa shape index (κ3) is 2.19. The predicted octanol–water partition coefficient (Wildman–Crippen LogP) is -0.601. The van der Waals surface area contributed by atoms with E-state index in [0.717, 1.165) is 11.4 Å². The predicted molar refractivity (Wildman–Crippen MR) is 46.6 cm³/mol. The second-order valence-electron chi connectivity index (χ2n) is 1.67. The molecule has 0 aliphatic carbocycles. The monoisotopic (exact) mass is 140 g/mol. The maximum Gasteiger partial charge on any atom is 0.0315 e. The summed E-state index contributed by atoms with van der Waals surface area (Å²) < 4.78 is 0. The lowest BCUT2D eigenvalue weighted by atomic mass is 10.3. The number of anilines is 2. The van der Waals surface area contributed by atoms with Crippen LogP contribution in [-0.2, 0) is 0 Å². The zero-order chi connectivity index (χ0) is 5.98. The second-order valence-corrected chi connectivity index (χ2v) is 1.67. The summed E-state index contributed by atoms with van der Waals surface area (Å²) in [6.45, 7) is 0. The molecule has 0 spiro atoms. The first-order valence-corrected chi connectivity index (χ1v) is 2.40. The summed E-state index contributed by atoms with van der Waals surface area (Å²) >= 11 is 0. The minimum atomic E-state index is 0. The van der Waals surface area contributed by atoms with Crippen molar-refractivity contribution in [2.75, 3.05) is 11.5 Å². The minimum Gasteiger partial charge on any atom is -0.399 e. The van der Waals surface area contributed by atoms with Crippen LogP contribution in [0.1, 0.15) is 0 Å². The van der Waals surface area contributed by atoms with Crippen LogP contribution in [0.5, 0.6) is 0 Å². The van der Waals surface area contributed by atoms with Crippen molar-refractivity contribution in [2.45, 2.75) is 0 Å². The molecule has 0 atom stereocenters. The molecule has 3 heteroatoms. The van der Waals surface area contributed by atoms with Crippen LogP contribution in [0, 0.1) is 0 Å². The van der Waals surface area contributed by atoms with E-state index in [9.17, 15) is 0 Å². The average Bonchev–Trinajstić information content (AvgIpc) is 1.77. The molecule has 0 radical (unpaired) electrons. The van der Waals surface area contributed by atoms with E-state index in [1.165, 1.54) is 0 Å². The molecule has 2 nitrogen and oxygen atoms in total. The Hall–Kier alpha value is -0.963. The standard InChI is InChI=1S/C6H8N2.H4Si/c7-5-1-2-6(8)4-3-5;/h1-4H,7-8H2;1H4. The Morgan fingerprint density at radius 1 is 0.778 bits per heavy atom. The largest absolute Gasteiger partial charge is 0.399 e. The first kappa shape index (κ1) is 8.04. The van der Waals surface area contributed by atoms with Gasteiger partial charge < -0.3 is 11.5 Å². The molecule has 0 aromatic heterocycles. The smallest absolute Gasteiger partial charge is 0.0315 e. The quantitative estimate of drug-likeness (QED) is 0.373. The van der Waals surface area contributed by atoms with E-state index in [2.05, 4.69) is 0 Å². The molecular formula is C6H12N2Si. The third-order valence-corrected chi connectivity index (χ3v) is 0.936. The van der Waals surface area contributed by atoms with Gasteiger partial charge in [-0.3, -0.25) is 0 Å². The zero-order valence-electron chi connectivity index (χ0n) is 4.46. The van der Waals surface area contributed by atoms with Crippen LogP contribution < -0.4 is 11.5 Å². The van der Waals surface area contributed by atoms with Gasteiger partial charge in [-0.25, -0.2) is 0 Å². The van der Waals surface area contributed by atoms with Gasteiger partial charge in [0.15, 0.2) is 0 Å². The number of nitrogen functional groups attached to an aromatic ring is 2. The highest BCUT2D eigenvalue weighted by atomic mass is 28.1. The first-order valence-electron chi connectivity index (χ1n) is 2.40. The van der Waals surface area contributed by atoms with Gasteiger partial charge in [-0.05, 0) is 35.2 Å². The molecule has 0 fully saturated rings. The van der Waals surface area contributed by atoms with Crippen LogP contribution in [-0.4, -0.2) is 11.0 Å². The van der Waals surface area contributed by atoms with E-state index in [1.807, 2.05) is 0 Å². The van der Waals surface area contributed by atoms with E-state index in [0.29, 0.717) is 0 Å². The van der Waals surface area contributed by atoms with E-state index < -0.39 is 0 Å². The number of benzene rings is 1. The van der Waals surface area contributed by atoms with Crippen molar-refractivity contribution in [3.8, 4) is 0 Å². The molecule has 0 aliphatic heterocycles. The third-order valence-electron chi connectivity index (χ3n) is 0.936. The van der Waals surface area contributed by atoms with Crippen molar-refractivity contribution < 1.29 is 0 Å². The molecule has 4 N–H and O–H groups in total. The number of hydrogen-bond donors (Lipinski definition) is 2. The lowest BCUT2D eigenvalue weighted by Crippen LogP contribution is -1.86. The highest BCUT2D eigenvalue weighted by Crippen LogP contribution is 2.04. The van der Waals surface area contributed by atoms with E-state index in [-0.39, 0.29) is 11.0 Å². The molecule has 0 heterocycles. The minimum absolute atomic E-state index is 0. The van der Waals surface area contributed by atoms with Gasteiger partial charge >= 0.3 is 0 Å². The summed E-state index contributed by atoms with van der Waals surface area (Å²) in [5.74, 6) is 0. The Morgan fingerprint density at radius 2 is 1.00 bits per heavy atom. The Labute approximate surface area is 58.9 Å². The summed E-state index contributed by atoms with van der Waals surface area (Å²) in [5, 5.41) is 0. The molecule has 0 saturated heterocycles. The van der Waals surface area contributed by atoms with Gasteiger partial charge in [0.1, 0.15) is 0 Å². The van der Waals surface area contributed by atoms with Gasteiger partial charge in [-0.1, -0.05) is 0 Å². The number of rotatable bonds is 0. The molecule has 1 aromatic carbocycles. The fourth-order valence-corrected chi connectivity index (χ4v) is 0.496. The maximum atomic E-state index is 5.37. The van der Waals surface area contributed by atoms with Gasteiger partial charge in [0.25, 0.3) is 0 Å². The molecule has 0 amide bonds. The Kier molecular flexibility index (Phi) is 2.80. The maximum absolute atomic E-state index is 5.37. The van der Waals surface area contributed by atoms with Crippen molar-refractivity contribution in [3.05, 3.63) is 24.3 Å². The number of nitrogens with two attached hydrogens (primary N) is 2. The van der Waals surface area contributed by atoms with Crippen LogP contribution in [0.15, 0.2) is 24.3 Å². The Morgan fingerprint density at radius 3 is 1.22 bits per heavy atom. The summed E-state index contributed by atoms with van der Waals surface area (Å²) in [6.07, 6.45) is 0. The molecule has 0 aliphatic rings. The molecule has 0 saturated carbocycles. The van der Waals surface area contributed by atoms with E-state index in [1.54, 1.807) is 24.3 Å². The summed E-state index contributed by atoms with van der Waals surface area (Å²) in [4.78, 5) is 0. The van der Waals surface area contributed by atoms with Crippen molar-refractivity contribution in [1.29, 1.82) is 0 Å². The van der Waals surface area contributed by atoms with Gasteiger partial charge in [0, 0.05) is 11.4 Å². The Bertz CT molecular complexity index is 150. The van der Waals surface area contributed by atoms with Crippen LogP contribution in [0.4, 0.5) is 11.4 Å². The van der Waals surface area contributed by atoms with Crippen LogP contribution in [0.25, 0.3) is 0 Å². The number of hydrogen-bond acceptors (Lipinski definition) is 2. The normalized spacial score (nSPS) is 8.00. The topological polar surface area (TPSA) is 52.0 Å². The van der Waals surface area contributed by atoms with Crippen molar-refractivity contribution >= 4 is 22.3 Å². The molecular weight excluding hydrogens is 128 g/mol. The molecule has 0 bridgehead atoms. The van der Waals surface area contributed by atoms with Crippen LogP contribution in [0.2, 0.25) is 0 Å². The van der Waals surface area contributed by atoms with Gasteiger partial charge in [0.05, 0.1) is 0 Å². The van der Waals surface area contributed by atoms with Gasteiger partial charge in [-0.2, -0.15) is 0 Å². The van der Waals surface area contributed by atoms with Gasteiger partial charge in [-0.15, -0.1) is 0 Å². The van der Waals surface area contributed by atoms with Crippen LogP contribution >= 0.6 is 0 Å². The highest BCUT2D eigenvalue weighted by molar-refractivity contribution is 5.75. The average molecular weight is 140 g/mol. The van der Waals surface area contributed by atoms with Crippen molar-refractivity contribution in [2.24, 2.45) is 0 Å². The Balaban J connectivity index is 0.000000640. The molecule has 50 valence electrons. The highest BCUT2D eigenvalue weighted by Gasteiger charge is 1.80. The summed E-state index contributed by atoms with van der Waals surface area (Å²) in [5.41, 5.74) is 12.2. The molecule has 1 aromatic rings. The van der Waals surface area contributed by atoms with E-state index >= 15 is 0 Å². The molecule has 9 heavy (non-hydrogen) atoms. The molecule has 0 unspecified atom stereocenters. The van der Waals surface area contributed by atoms with Crippen LogP contribution in [0.3, 0.4) is 0 Å².